The molecule has 0 unspecified atom stereocenters. The molecular formula is C19H12N4O. The standard InChI is InChI=1S/C19H12N4O/c1-22-12-5-2-3-6-13(12)23-14-9-8-11-16-15(7-4-10-20-16)24-18(11)17(14)21-19(22)23/h2-10H,1H3. The maximum Gasteiger partial charge on any atom is 0.215 e. The van der Waals surface area contributed by atoms with Crippen LogP contribution in [0, 0.1) is 0 Å². The van der Waals surface area contributed by atoms with E-state index in [2.05, 4.69) is 44.3 Å². The lowest BCUT2D eigenvalue weighted by Gasteiger charge is -1.95. The smallest absolute Gasteiger partial charge is 0.215 e. The fraction of sp³-hybridized carbons (Fsp3) is 0.0526. The first kappa shape index (κ1) is 12.1. The largest absolute Gasteiger partial charge is 0.452 e. The van der Waals surface area contributed by atoms with E-state index in [-0.39, 0.29) is 0 Å². The summed E-state index contributed by atoms with van der Waals surface area (Å²) >= 11 is 0. The molecule has 5 nitrogen and oxygen atoms in total. The number of hydrogen-bond donors (Lipinski definition) is 0. The van der Waals surface area contributed by atoms with Gasteiger partial charge in [0.05, 0.1) is 16.6 Å². The van der Waals surface area contributed by atoms with E-state index in [9.17, 15) is 0 Å². The summed E-state index contributed by atoms with van der Waals surface area (Å²) in [6.45, 7) is 0. The third kappa shape index (κ3) is 1.27. The van der Waals surface area contributed by atoms with Crippen molar-refractivity contribution in [2.45, 2.75) is 0 Å². The number of para-hydroxylation sites is 2. The van der Waals surface area contributed by atoms with Crippen LogP contribution in [-0.4, -0.2) is 18.9 Å². The maximum atomic E-state index is 6.07. The second-order valence-corrected chi connectivity index (χ2v) is 6.06. The van der Waals surface area contributed by atoms with Crippen molar-refractivity contribution in [1.82, 2.24) is 18.9 Å². The Labute approximate surface area is 135 Å². The van der Waals surface area contributed by atoms with Gasteiger partial charge in [0.2, 0.25) is 5.78 Å². The summed E-state index contributed by atoms with van der Waals surface area (Å²) in [5.41, 5.74) is 6.71. The summed E-state index contributed by atoms with van der Waals surface area (Å²) in [4.78, 5) is 9.33. The summed E-state index contributed by atoms with van der Waals surface area (Å²) in [7, 11) is 2.04. The quantitative estimate of drug-likeness (QED) is 0.421. The third-order valence-corrected chi connectivity index (χ3v) is 4.78. The van der Waals surface area contributed by atoms with Gasteiger partial charge in [0, 0.05) is 18.6 Å². The van der Waals surface area contributed by atoms with Crippen molar-refractivity contribution in [3.8, 4) is 0 Å². The van der Waals surface area contributed by atoms with Crippen molar-refractivity contribution in [1.29, 1.82) is 0 Å². The lowest BCUT2D eigenvalue weighted by Crippen LogP contribution is -1.87. The van der Waals surface area contributed by atoms with Crippen LogP contribution in [0.25, 0.3) is 49.9 Å². The monoisotopic (exact) mass is 312 g/mol. The molecule has 0 aliphatic carbocycles. The molecule has 0 atom stereocenters. The molecule has 24 heavy (non-hydrogen) atoms. The number of pyridine rings is 1. The van der Waals surface area contributed by atoms with E-state index in [1.54, 1.807) is 6.20 Å². The molecule has 2 aromatic carbocycles. The molecule has 0 spiro atoms. The molecule has 5 heteroatoms. The van der Waals surface area contributed by atoms with Gasteiger partial charge in [0.25, 0.3) is 0 Å². The van der Waals surface area contributed by atoms with E-state index in [1.165, 1.54) is 0 Å². The third-order valence-electron chi connectivity index (χ3n) is 4.78. The topological polar surface area (TPSA) is 48.3 Å². The van der Waals surface area contributed by atoms with Gasteiger partial charge in [-0.2, -0.15) is 0 Å². The number of benzene rings is 2. The van der Waals surface area contributed by atoms with Crippen molar-refractivity contribution < 1.29 is 4.42 Å². The van der Waals surface area contributed by atoms with Gasteiger partial charge < -0.3 is 8.98 Å². The summed E-state index contributed by atoms with van der Waals surface area (Å²) in [6.07, 6.45) is 1.79. The van der Waals surface area contributed by atoms with Gasteiger partial charge in [-0.25, -0.2) is 4.98 Å². The van der Waals surface area contributed by atoms with Crippen molar-refractivity contribution in [2.75, 3.05) is 0 Å². The predicted octanol–water partition coefficient (Wildman–Crippen LogP) is 4.27. The highest BCUT2D eigenvalue weighted by Crippen LogP contribution is 2.34. The number of furan rings is 1. The van der Waals surface area contributed by atoms with E-state index in [1.807, 2.05) is 25.2 Å². The zero-order valence-electron chi connectivity index (χ0n) is 12.9. The molecule has 0 aliphatic rings. The average Bonchev–Trinajstić information content (AvgIpc) is 3.26. The molecule has 0 saturated carbocycles. The Hall–Kier alpha value is -3.34. The molecule has 0 radical (unpaired) electrons. The molecule has 6 rings (SSSR count). The Morgan fingerprint density at radius 2 is 1.75 bits per heavy atom. The van der Waals surface area contributed by atoms with Gasteiger partial charge in [-0.15, -0.1) is 0 Å². The number of aryl methyl sites for hydroxylation is 1. The number of rotatable bonds is 0. The second-order valence-electron chi connectivity index (χ2n) is 6.06. The number of imidazole rings is 2. The Balaban J connectivity index is 1.91. The van der Waals surface area contributed by atoms with E-state index in [0.29, 0.717) is 0 Å². The van der Waals surface area contributed by atoms with Gasteiger partial charge in [-0.3, -0.25) is 9.38 Å². The zero-order chi connectivity index (χ0) is 15.8. The molecule has 6 aromatic rings. The first-order valence-electron chi connectivity index (χ1n) is 7.85. The molecule has 0 N–H and O–H groups in total. The predicted molar refractivity (Wildman–Crippen MR) is 94.2 cm³/mol. The molecule has 0 saturated heterocycles. The first-order chi connectivity index (χ1) is 11.8. The maximum absolute atomic E-state index is 6.07. The molecule has 0 bridgehead atoms. The average molecular weight is 312 g/mol. The fourth-order valence-electron chi connectivity index (χ4n) is 3.69. The van der Waals surface area contributed by atoms with Crippen LogP contribution in [0.1, 0.15) is 0 Å². The van der Waals surface area contributed by atoms with Gasteiger partial charge in [-0.05, 0) is 36.4 Å². The van der Waals surface area contributed by atoms with Crippen molar-refractivity contribution >= 4 is 49.9 Å². The molecule has 4 aromatic heterocycles. The van der Waals surface area contributed by atoms with E-state index < -0.39 is 0 Å². The first-order valence-corrected chi connectivity index (χ1v) is 7.85. The van der Waals surface area contributed by atoms with Gasteiger partial charge >= 0.3 is 0 Å². The molecule has 4 heterocycles. The minimum absolute atomic E-state index is 0.793. The van der Waals surface area contributed by atoms with Crippen LogP contribution in [-0.2, 0) is 7.05 Å². The van der Waals surface area contributed by atoms with Crippen molar-refractivity contribution in [3.63, 3.8) is 0 Å². The van der Waals surface area contributed by atoms with Crippen LogP contribution in [0.5, 0.6) is 0 Å². The molecule has 0 fully saturated rings. The van der Waals surface area contributed by atoms with Gasteiger partial charge in [-0.1, -0.05) is 12.1 Å². The van der Waals surface area contributed by atoms with Crippen LogP contribution < -0.4 is 0 Å². The van der Waals surface area contributed by atoms with Crippen LogP contribution in [0.4, 0.5) is 0 Å². The van der Waals surface area contributed by atoms with E-state index in [4.69, 9.17) is 9.40 Å². The highest BCUT2D eigenvalue weighted by molar-refractivity contribution is 6.13. The lowest BCUT2D eigenvalue weighted by atomic mass is 10.2. The Bertz CT molecular complexity index is 1420. The highest BCUT2D eigenvalue weighted by Gasteiger charge is 2.18. The van der Waals surface area contributed by atoms with E-state index in [0.717, 1.165) is 49.9 Å². The number of hydrogen-bond acceptors (Lipinski definition) is 3. The lowest BCUT2D eigenvalue weighted by molar-refractivity contribution is 0.671. The molecular weight excluding hydrogens is 300 g/mol. The highest BCUT2D eigenvalue weighted by atomic mass is 16.3. The van der Waals surface area contributed by atoms with Crippen LogP contribution in [0.15, 0.2) is 59.1 Å². The Kier molecular flexibility index (Phi) is 1.99. The Morgan fingerprint density at radius 1 is 0.875 bits per heavy atom. The minimum atomic E-state index is 0.793. The van der Waals surface area contributed by atoms with Gasteiger partial charge in [0.1, 0.15) is 11.0 Å². The summed E-state index contributed by atoms with van der Waals surface area (Å²) in [5.74, 6) is 0.909. The van der Waals surface area contributed by atoms with Crippen molar-refractivity contribution in [2.24, 2.45) is 7.05 Å². The van der Waals surface area contributed by atoms with Crippen LogP contribution in [0.3, 0.4) is 0 Å². The number of fused-ring (bicyclic) bond motifs is 9. The van der Waals surface area contributed by atoms with Crippen LogP contribution in [0.2, 0.25) is 0 Å². The molecule has 0 amide bonds. The van der Waals surface area contributed by atoms with Gasteiger partial charge in [0.15, 0.2) is 11.2 Å². The van der Waals surface area contributed by atoms with E-state index >= 15 is 0 Å². The zero-order valence-corrected chi connectivity index (χ0v) is 12.9. The molecule has 0 aliphatic heterocycles. The minimum Gasteiger partial charge on any atom is -0.452 e. The Morgan fingerprint density at radius 3 is 2.67 bits per heavy atom. The normalized spacial score (nSPS) is 12.4. The summed E-state index contributed by atoms with van der Waals surface area (Å²) in [6, 6.07) is 16.3. The summed E-state index contributed by atoms with van der Waals surface area (Å²) < 4.78 is 10.4. The number of aromatic nitrogens is 4. The fourth-order valence-corrected chi connectivity index (χ4v) is 3.69. The van der Waals surface area contributed by atoms with Crippen molar-refractivity contribution in [3.05, 3.63) is 54.7 Å². The number of nitrogens with zero attached hydrogens (tertiary/aromatic N) is 4. The second kappa shape index (κ2) is 3.94. The van der Waals surface area contributed by atoms with Crippen LogP contribution >= 0.6 is 0 Å². The summed E-state index contributed by atoms with van der Waals surface area (Å²) in [5, 5.41) is 1.01. The SMILES string of the molecule is Cn1c2ccccc2n2c3ccc4c5ncccc5oc4c3nc12. The molecule has 114 valence electrons.